The molecule has 3 atom stereocenters. The normalized spacial score (nSPS) is 20.5. The molecule has 0 radical (unpaired) electrons. The molecule has 1 saturated heterocycles. The zero-order chi connectivity index (χ0) is 25.8. The Bertz CT molecular complexity index is 818. The van der Waals surface area contributed by atoms with Crippen molar-refractivity contribution in [2.24, 2.45) is 11.8 Å². The number of rotatable bonds is 12. The smallest absolute Gasteiger partial charge is 0.317 e. The second-order valence-corrected chi connectivity index (χ2v) is 10.8. The van der Waals surface area contributed by atoms with Crippen LogP contribution in [0.3, 0.4) is 0 Å². The highest BCUT2D eigenvalue weighted by Gasteiger charge is 2.32. The van der Waals surface area contributed by atoms with Crippen LogP contribution in [0.4, 0.5) is 4.79 Å². The maximum absolute atomic E-state index is 13.3. The van der Waals surface area contributed by atoms with Gasteiger partial charge in [0.1, 0.15) is 0 Å². The SMILES string of the molecule is CCC(=O)NCCOC(c1cccc(Cl)c1)C1CCCN(C(=O)NC(CNC)CC2CCCCC2)C1. The number of carbonyl (C=O) groups excluding carboxylic acids is 2. The Hall–Kier alpha value is -1.83. The molecule has 1 aromatic rings. The molecular formula is C28H45ClN4O3. The van der Waals surface area contributed by atoms with E-state index in [0.717, 1.165) is 37.9 Å². The third kappa shape index (κ3) is 9.24. The highest BCUT2D eigenvalue weighted by Crippen LogP contribution is 2.34. The van der Waals surface area contributed by atoms with Gasteiger partial charge in [0, 0.05) is 49.6 Å². The van der Waals surface area contributed by atoms with Crippen LogP contribution in [0.1, 0.15) is 76.4 Å². The van der Waals surface area contributed by atoms with Crippen molar-refractivity contribution < 1.29 is 14.3 Å². The number of ether oxygens (including phenoxy) is 1. The number of hydrogen-bond donors (Lipinski definition) is 3. The summed E-state index contributed by atoms with van der Waals surface area (Å²) in [5, 5.41) is 10.1. The molecule has 0 bridgehead atoms. The molecule has 2 aliphatic rings. The first-order valence-corrected chi connectivity index (χ1v) is 14.2. The summed E-state index contributed by atoms with van der Waals surface area (Å²) in [6, 6.07) is 7.95. The topological polar surface area (TPSA) is 82.7 Å². The van der Waals surface area contributed by atoms with Gasteiger partial charge in [0.05, 0.1) is 12.7 Å². The maximum Gasteiger partial charge on any atom is 0.317 e. The molecule has 0 aromatic heterocycles. The van der Waals surface area contributed by atoms with Crippen molar-refractivity contribution in [2.45, 2.75) is 76.9 Å². The molecule has 3 rings (SSSR count). The summed E-state index contributed by atoms with van der Waals surface area (Å²) in [4.78, 5) is 26.9. The third-order valence-electron chi connectivity index (χ3n) is 7.51. The van der Waals surface area contributed by atoms with Gasteiger partial charge in [-0.15, -0.1) is 0 Å². The van der Waals surface area contributed by atoms with Crippen LogP contribution in [0.25, 0.3) is 0 Å². The van der Waals surface area contributed by atoms with E-state index in [1.165, 1.54) is 32.1 Å². The summed E-state index contributed by atoms with van der Waals surface area (Å²) in [6.45, 7) is 4.90. The lowest BCUT2D eigenvalue weighted by atomic mass is 9.85. The van der Waals surface area contributed by atoms with E-state index >= 15 is 0 Å². The number of benzene rings is 1. The van der Waals surface area contributed by atoms with Crippen LogP contribution in [0, 0.1) is 11.8 Å². The molecule has 3 unspecified atom stereocenters. The van der Waals surface area contributed by atoms with Gasteiger partial charge in [0.15, 0.2) is 0 Å². The van der Waals surface area contributed by atoms with E-state index < -0.39 is 0 Å². The highest BCUT2D eigenvalue weighted by molar-refractivity contribution is 6.30. The molecule has 1 aromatic carbocycles. The van der Waals surface area contributed by atoms with E-state index in [9.17, 15) is 9.59 Å². The molecule has 3 amide bonds. The maximum atomic E-state index is 13.3. The van der Waals surface area contributed by atoms with E-state index in [1.54, 1.807) is 0 Å². The molecule has 1 heterocycles. The molecule has 202 valence electrons. The van der Waals surface area contributed by atoms with Gasteiger partial charge in [-0.05, 0) is 49.9 Å². The fraction of sp³-hybridized carbons (Fsp3) is 0.714. The Balaban J connectivity index is 1.62. The van der Waals surface area contributed by atoms with Gasteiger partial charge in [-0.25, -0.2) is 4.79 Å². The van der Waals surface area contributed by atoms with E-state index in [2.05, 4.69) is 16.0 Å². The van der Waals surface area contributed by atoms with E-state index in [4.69, 9.17) is 16.3 Å². The van der Waals surface area contributed by atoms with Gasteiger partial charge in [-0.1, -0.05) is 62.8 Å². The van der Waals surface area contributed by atoms with Gasteiger partial charge in [0.2, 0.25) is 5.91 Å². The monoisotopic (exact) mass is 520 g/mol. The second kappa shape index (κ2) is 15.4. The van der Waals surface area contributed by atoms with Gasteiger partial charge in [-0.2, -0.15) is 0 Å². The lowest BCUT2D eigenvalue weighted by molar-refractivity contribution is -0.121. The van der Waals surface area contributed by atoms with Crippen molar-refractivity contribution in [3.05, 3.63) is 34.9 Å². The average molecular weight is 521 g/mol. The fourth-order valence-corrected chi connectivity index (χ4v) is 5.86. The Morgan fingerprint density at radius 2 is 1.97 bits per heavy atom. The molecule has 0 spiro atoms. The summed E-state index contributed by atoms with van der Waals surface area (Å²) in [5.41, 5.74) is 1.02. The summed E-state index contributed by atoms with van der Waals surface area (Å²) >= 11 is 6.30. The highest BCUT2D eigenvalue weighted by atomic mass is 35.5. The molecular weight excluding hydrogens is 476 g/mol. The Morgan fingerprint density at radius 1 is 1.17 bits per heavy atom. The minimum atomic E-state index is -0.187. The number of piperidine rings is 1. The standard InChI is InChI=1S/C28H45ClN4O3/c1-3-26(34)31-14-16-36-27(22-11-7-13-24(29)18-22)23-12-8-15-33(20-23)28(35)32-25(19-30-2)17-21-9-5-4-6-10-21/h7,11,13,18,21,23,25,27,30H,3-6,8-10,12,14-17,19-20H2,1-2H3,(H,31,34)(H,32,35). The minimum Gasteiger partial charge on any atom is -0.371 e. The quantitative estimate of drug-likeness (QED) is 0.342. The van der Waals surface area contributed by atoms with Crippen LogP contribution < -0.4 is 16.0 Å². The predicted octanol–water partition coefficient (Wildman–Crippen LogP) is 4.90. The molecule has 3 N–H and O–H groups in total. The number of urea groups is 1. The van der Waals surface area contributed by atoms with Crippen molar-refractivity contribution in [1.82, 2.24) is 20.9 Å². The first-order valence-electron chi connectivity index (χ1n) is 13.8. The first-order chi connectivity index (χ1) is 17.5. The average Bonchev–Trinajstić information content (AvgIpc) is 2.89. The number of nitrogens with one attached hydrogen (secondary N) is 3. The van der Waals surface area contributed by atoms with Crippen LogP contribution >= 0.6 is 11.6 Å². The fourth-order valence-electron chi connectivity index (χ4n) is 5.66. The number of carbonyl (C=O) groups is 2. The van der Waals surface area contributed by atoms with E-state index in [-0.39, 0.29) is 30.0 Å². The molecule has 8 heteroatoms. The number of halogens is 1. The molecule has 1 aliphatic heterocycles. The zero-order valence-electron chi connectivity index (χ0n) is 22.1. The molecule has 36 heavy (non-hydrogen) atoms. The number of likely N-dealkylation sites (tertiary alicyclic amines) is 1. The number of likely N-dealkylation sites (N-methyl/N-ethyl adjacent to an activating group) is 1. The van der Waals surface area contributed by atoms with Crippen LogP contribution in [-0.2, 0) is 9.53 Å². The molecule has 2 fully saturated rings. The van der Waals surface area contributed by atoms with E-state index in [0.29, 0.717) is 37.1 Å². The largest absolute Gasteiger partial charge is 0.371 e. The van der Waals surface area contributed by atoms with E-state index in [1.807, 2.05) is 43.1 Å². The Kier molecular flexibility index (Phi) is 12.3. The van der Waals surface area contributed by atoms with Gasteiger partial charge in [-0.3, -0.25) is 4.79 Å². The van der Waals surface area contributed by atoms with Gasteiger partial charge < -0.3 is 25.6 Å². The molecule has 7 nitrogen and oxygen atoms in total. The predicted molar refractivity (Wildman–Crippen MR) is 145 cm³/mol. The lowest BCUT2D eigenvalue weighted by Crippen LogP contribution is -2.52. The Labute approximate surface area is 222 Å². The Morgan fingerprint density at radius 3 is 2.69 bits per heavy atom. The zero-order valence-corrected chi connectivity index (χ0v) is 22.8. The van der Waals surface area contributed by atoms with Crippen molar-refractivity contribution in [3.63, 3.8) is 0 Å². The van der Waals surface area contributed by atoms with Crippen molar-refractivity contribution in [2.75, 3.05) is 39.8 Å². The van der Waals surface area contributed by atoms with Crippen LogP contribution in [-0.4, -0.2) is 62.7 Å². The third-order valence-corrected chi connectivity index (χ3v) is 7.75. The second-order valence-electron chi connectivity index (χ2n) is 10.3. The molecule has 1 saturated carbocycles. The van der Waals surface area contributed by atoms with Gasteiger partial charge in [0.25, 0.3) is 0 Å². The van der Waals surface area contributed by atoms with Crippen molar-refractivity contribution in [3.8, 4) is 0 Å². The van der Waals surface area contributed by atoms with Crippen LogP contribution in [0.2, 0.25) is 5.02 Å². The summed E-state index contributed by atoms with van der Waals surface area (Å²) < 4.78 is 6.32. The number of nitrogens with zero attached hydrogens (tertiary/aromatic N) is 1. The van der Waals surface area contributed by atoms with Gasteiger partial charge >= 0.3 is 6.03 Å². The van der Waals surface area contributed by atoms with Crippen LogP contribution in [0.15, 0.2) is 24.3 Å². The molecule has 1 aliphatic carbocycles. The minimum absolute atomic E-state index is 0.0165. The van der Waals surface area contributed by atoms with Crippen molar-refractivity contribution >= 4 is 23.5 Å². The summed E-state index contributed by atoms with van der Waals surface area (Å²) in [7, 11) is 1.95. The number of hydrogen-bond acceptors (Lipinski definition) is 4. The number of amides is 3. The summed E-state index contributed by atoms with van der Waals surface area (Å²) in [6.07, 6.45) is 9.75. The van der Waals surface area contributed by atoms with Crippen molar-refractivity contribution in [1.29, 1.82) is 0 Å². The summed E-state index contributed by atoms with van der Waals surface area (Å²) in [5.74, 6) is 0.883. The first kappa shape index (κ1) is 28.7. The van der Waals surface area contributed by atoms with Crippen LogP contribution in [0.5, 0.6) is 0 Å². The lowest BCUT2D eigenvalue weighted by Gasteiger charge is -2.38.